The van der Waals surface area contributed by atoms with Gasteiger partial charge in [0.05, 0.1) is 6.10 Å². The molecule has 1 aromatic heterocycles. The zero-order chi connectivity index (χ0) is 17.8. The van der Waals surface area contributed by atoms with Crippen molar-refractivity contribution in [2.75, 3.05) is 13.2 Å². The van der Waals surface area contributed by atoms with Crippen molar-refractivity contribution < 1.29 is 9.53 Å². The molecule has 1 saturated heterocycles. The van der Waals surface area contributed by atoms with Gasteiger partial charge in [-0.3, -0.25) is 4.79 Å². The summed E-state index contributed by atoms with van der Waals surface area (Å²) in [6, 6.07) is 10.0. The van der Waals surface area contributed by atoms with Gasteiger partial charge in [-0.05, 0) is 30.9 Å². The lowest BCUT2D eigenvalue weighted by Gasteiger charge is -2.31. The van der Waals surface area contributed by atoms with Crippen molar-refractivity contribution in [2.24, 2.45) is 0 Å². The van der Waals surface area contributed by atoms with Crippen LogP contribution in [0.15, 0.2) is 30.3 Å². The number of tetrazole rings is 1. The quantitative estimate of drug-likeness (QED) is 0.795. The third-order valence-corrected chi connectivity index (χ3v) is 5.27. The standard InChI is InChI=1S/C19H25N5O2/c25-18(14-24-21-19(20-22-24)15-7-2-1-3-8-15)23(16-9-4-5-10-16)13-17-11-6-12-26-17/h1-3,7-8,16-17H,4-6,9-14H2. The van der Waals surface area contributed by atoms with Gasteiger partial charge in [-0.1, -0.05) is 43.2 Å². The van der Waals surface area contributed by atoms with Crippen molar-refractivity contribution >= 4 is 5.91 Å². The first-order valence-electron chi connectivity index (χ1n) is 9.54. The molecule has 1 amide bonds. The van der Waals surface area contributed by atoms with E-state index in [1.165, 1.54) is 17.6 Å². The predicted octanol–water partition coefficient (Wildman–Crippen LogP) is 2.29. The summed E-state index contributed by atoms with van der Waals surface area (Å²) in [7, 11) is 0. The summed E-state index contributed by atoms with van der Waals surface area (Å²) < 4.78 is 5.76. The van der Waals surface area contributed by atoms with Crippen molar-refractivity contribution in [1.82, 2.24) is 25.1 Å². The summed E-state index contributed by atoms with van der Waals surface area (Å²) in [5, 5.41) is 12.5. The molecule has 0 bridgehead atoms. The molecule has 0 N–H and O–H groups in total. The minimum atomic E-state index is 0.0596. The summed E-state index contributed by atoms with van der Waals surface area (Å²) in [4.78, 5) is 16.4. The molecule has 2 fully saturated rings. The second-order valence-electron chi connectivity index (χ2n) is 7.13. The largest absolute Gasteiger partial charge is 0.376 e. The van der Waals surface area contributed by atoms with Gasteiger partial charge >= 0.3 is 0 Å². The van der Waals surface area contributed by atoms with Crippen LogP contribution in [-0.4, -0.2) is 56.3 Å². The van der Waals surface area contributed by atoms with Crippen LogP contribution in [0.5, 0.6) is 0 Å². The second-order valence-corrected chi connectivity index (χ2v) is 7.13. The average Bonchev–Trinajstić information content (AvgIpc) is 3.42. The lowest BCUT2D eigenvalue weighted by atomic mass is 10.1. The highest BCUT2D eigenvalue weighted by molar-refractivity contribution is 5.76. The van der Waals surface area contributed by atoms with E-state index in [1.54, 1.807) is 0 Å². The highest BCUT2D eigenvalue weighted by Gasteiger charge is 2.30. The van der Waals surface area contributed by atoms with Crippen molar-refractivity contribution in [3.8, 4) is 11.4 Å². The third-order valence-electron chi connectivity index (χ3n) is 5.27. The number of amides is 1. The molecule has 1 saturated carbocycles. The maximum Gasteiger partial charge on any atom is 0.246 e. The summed E-state index contributed by atoms with van der Waals surface area (Å²) in [5.41, 5.74) is 0.901. The van der Waals surface area contributed by atoms with Crippen LogP contribution in [-0.2, 0) is 16.1 Å². The summed E-state index contributed by atoms with van der Waals surface area (Å²) >= 11 is 0. The van der Waals surface area contributed by atoms with E-state index in [0.717, 1.165) is 37.9 Å². The SMILES string of the molecule is O=C(Cn1nnc(-c2ccccc2)n1)N(CC1CCCO1)C1CCCC1. The number of hydrogen-bond donors (Lipinski definition) is 0. The van der Waals surface area contributed by atoms with Crippen molar-refractivity contribution in [1.29, 1.82) is 0 Å². The Morgan fingerprint density at radius 2 is 1.96 bits per heavy atom. The maximum atomic E-state index is 13.0. The number of aromatic nitrogens is 4. The van der Waals surface area contributed by atoms with Gasteiger partial charge in [0.2, 0.25) is 11.7 Å². The van der Waals surface area contributed by atoms with Crippen LogP contribution in [0.3, 0.4) is 0 Å². The van der Waals surface area contributed by atoms with Gasteiger partial charge in [0, 0.05) is 24.8 Å². The minimum absolute atomic E-state index is 0.0596. The van der Waals surface area contributed by atoms with Gasteiger partial charge in [-0.15, -0.1) is 10.2 Å². The molecule has 1 atom stereocenters. The summed E-state index contributed by atoms with van der Waals surface area (Å²) in [6.45, 7) is 1.62. The van der Waals surface area contributed by atoms with Crippen LogP contribution >= 0.6 is 0 Å². The van der Waals surface area contributed by atoms with Gasteiger partial charge in [0.15, 0.2) is 0 Å². The van der Waals surface area contributed by atoms with E-state index in [1.807, 2.05) is 35.2 Å². The molecule has 2 aliphatic rings. The molecule has 2 aromatic rings. The first-order chi connectivity index (χ1) is 12.8. The number of nitrogens with zero attached hydrogens (tertiary/aromatic N) is 5. The Balaban J connectivity index is 1.44. The molecule has 1 aromatic carbocycles. The fourth-order valence-electron chi connectivity index (χ4n) is 3.90. The van der Waals surface area contributed by atoms with Crippen molar-refractivity contribution in [2.45, 2.75) is 57.2 Å². The van der Waals surface area contributed by atoms with Crippen LogP contribution in [0, 0.1) is 0 Å². The smallest absolute Gasteiger partial charge is 0.246 e. The Morgan fingerprint density at radius 3 is 2.69 bits per heavy atom. The predicted molar refractivity (Wildman–Crippen MR) is 96.2 cm³/mol. The van der Waals surface area contributed by atoms with Crippen molar-refractivity contribution in [3.63, 3.8) is 0 Å². The molecule has 0 radical (unpaired) electrons. The fraction of sp³-hybridized carbons (Fsp3) is 0.579. The molecule has 1 aliphatic carbocycles. The number of hydrogen-bond acceptors (Lipinski definition) is 5. The van der Waals surface area contributed by atoms with E-state index in [2.05, 4.69) is 15.4 Å². The molecule has 1 unspecified atom stereocenters. The number of carbonyl (C=O) groups excluding carboxylic acids is 1. The number of ether oxygens (including phenoxy) is 1. The Labute approximate surface area is 153 Å². The molecule has 4 rings (SSSR count). The zero-order valence-electron chi connectivity index (χ0n) is 15.0. The summed E-state index contributed by atoms with van der Waals surface area (Å²) in [5.74, 6) is 0.606. The van der Waals surface area contributed by atoms with E-state index in [-0.39, 0.29) is 18.6 Å². The van der Waals surface area contributed by atoms with Gasteiger partial charge in [0.25, 0.3) is 0 Å². The van der Waals surface area contributed by atoms with Gasteiger partial charge in [0.1, 0.15) is 6.54 Å². The Kier molecular flexibility index (Phi) is 5.24. The zero-order valence-corrected chi connectivity index (χ0v) is 15.0. The molecular weight excluding hydrogens is 330 g/mol. The van der Waals surface area contributed by atoms with Crippen molar-refractivity contribution in [3.05, 3.63) is 30.3 Å². The van der Waals surface area contributed by atoms with E-state index < -0.39 is 0 Å². The van der Waals surface area contributed by atoms with Gasteiger partial charge in [-0.25, -0.2) is 0 Å². The lowest BCUT2D eigenvalue weighted by molar-refractivity contribution is -0.136. The average molecular weight is 355 g/mol. The molecule has 7 nitrogen and oxygen atoms in total. The summed E-state index contributed by atoms with van der Waals surface area (Å²) in [6.07, 6.45) is 6.85. The molecule has 2 heterocycles. The molecular formula is C19H25N5O2. The second kappa shape index (κ2) is 7.95. The lowest BCUT2D eigenvalue weighted by Crippen LogP contribution is -2.45. The third kappa shape index (κ3) is 3.93. The Morgan fingerprint density at radius 1 is 1.15 bits per heavy atom. The number of benzene rings is 1. The molecule has 138 valence electrons. The van der Waals surface area contributed by atoms with Gasteiger partial charge < -0.3 is 9.64 Å². The number of rotatable bonds is 6. The van der Waals surface area contributed by atoms with E-state index in [9.17, 15) is 4.79 Å². The normalized spacial score (nSPS) is 20.5. The Hall–Kier alpha value is -2.28. The van der Waals surface area contributed by atoms with Crippen LogP contribution < -0.4 is 0 Å². The Bertz CT molecular complexity index is 721. The van der Waals surface area contributed by atoms with Crippen LogP contribution in [0.1, 0.15) is 38.5 Å². The van der Waals surface area contributed by atoms with E-state index in [0.29, 0.717) is 18.4 Å². The molecule has 0 spiro atoms. The fourth-order valence-corrected chi connectivity index (χ4v) is 3.90. The molecule has 1 aliphatic heterocycles. The molecule has 26 heavy (non-hydrogen) atoms. The van der Waals surface area contributed by atoms with Crippen LogP contribution in [0.2, 0.25) is 0 Å². The van der Waals surface area contributed by atoms with Crippen LogP contribution in [0.4, 0.5) is 0 Å². The first-order valence-corrected chi connectivity index (χ1v) is 9.54. The highest BCUT2D eigenvalue weighted by atomic mass is 16.5. The van der Waals surface area contributed by atoms with Crippen LogP contribution in [0.25, 0.3) is 11.4 Å². The monoisotopic (exact) mass is 355 g/mol. The van der Waals surface area contributed by atoms with E-state index in [4.69, 9.17) is 4.74 Å². The minimum Gasteiger partial charge on any atom is -0.376 e. The first kappa shape index (κ1) is 17.1. The highest BCUT2D eigenvalue weighted by Crippen LogP contribution is 2.25. The van der Waals surface area contributed by atoms with Gasteiger partial charge in [-0.2, -0.15) is 4.80 Å². The number of carbonyl (C=O) groups is 1. The molecule has 7 heteroatoms. The topological polar surface area (TPSA) is 73.1 Å². The van der Waals surface area contributed by atoms with E-state index >= 15 is 0 Å². The maximum absolute atomic E-state index is 13.0.